The van der Waals surface area contributed by atoms with Crippen LogP contribution in [-0.4, -0.2) is 38.9 Å². The summed E-state index contributed by atoms with van der Waals surface area (Å²) in [5, 5.41) is 8.66. The van der Waals surface area contributed by atoms with Gasteiger partial charge in [0.15, 0.2) is 0 Å². The van der Waals surface area contributed by atoms with Crippen molar-refractivity contribution in [2.45, 2.75) is 31.3 Å². The molecule has 1 aromatic carbocycles. The molecule has 2 N–H and O–H groups in total. The molecule has 0 heterocycles. The Morgan fingerprint density at radius 2 is 2.10 bits per heavy atom. The maximum Gasteiger partial charge on any atom is 0.240 e. The van der Waals surface area contributed by atoms with Crippen molar-refractivity contribution >= 4 is 10.0 Å². The van der Waals surface area contributed by atoms with Gasteiger partial charge in [-0.25, -0.2) is 13.1 Å². The van der Waals surface area contributed by atoms with E-state index in [1.54, 1.807) is 12.1 Å². The third-order valence-corrected chi connectivity index (χ3v) is 4.08. The lowest BCUT2D eigenvalue weighted by Gasteiger charge is -2.24. The molecule has 0 saturated carbocycles. The Morgan fingerprint density at radius 1 is 1.38 bits per heavy atom. The maximum absolute atomic E-state index is 12.2. The van der Waals surface area contributed by atoms with E-state index in [1.807, 2.05) is 20.8 Å². The van der Waals surface area contributed by atoms with E-state index in [2.05, 4.69) is 16.6 Å². The summed E-state index contributed by atoms with van der Waals surface area (Å²) in [7, 11) is -3.62. The SMILES string of the molecule is CCOC(C)(C)CNS(=O)(=O)c1cccc(C#CCO)c1. The molecule has 1 aromatic rings. The van der Waals surface area contributed by atoms with Gasteiger partial charge in [0.2, 0.25) is 10.0 Å². The maximum atomic E-state index is 12.2. The number of hydrogen-bond donors (Lipinski definition) is 2. The average molecular weight is 311 g/mol. The first-order valence-corrected chi connectivity index (χ1v) is 8.12. The van der Waals surface area contributed by atoms with E-state index < -0.39 is 15.6 Å². The van der Waals surface area contributed by atoms with Crippen molar-refractivity contribution in [3.8, 4) is 11.8 Å². The topological polar surface area (TPSA) is 75.6 Å². The van der Waals surface area contributed by atoms with E-state index in [-0.39, 0.29) is 18.0 Å². The van der Waals surface area contributed by atoms with Crippen molar-refractivity contribution in [2.75, 3.05) is 19.8 Å². The van der Waals surface area contributed by atoms with Crippen molar-refractivity contribution in [1.82, 2.24) is 4.72 Å². The summed E-state index contributed by atoms with van der Waals surface area (Å²) in [4.78, 5) is 0.138. The monoisotopic (exact) mass is 311 g/mol. The van der Waals surface area contributed by atoms with Crippen LogP contribution < -0.4 is 4.72 Å². The first kappa shape index (κ1) is 17.7. The van der Waals surface area contributed by atoms with Crippen molar-refractivity contribution in [3.63, 3.8) is 0 Å². The van der Waals surface area contributed by atoms with E-state index in [9.17, 15) is 8.42 Å². The molecule has 5 nitrogen and oxygen atoms in total. The largest absolute Gasteiger partial charge is 0.384 e. The third-order valence-electron chi connectivity index (χ3n) is 2.68. The van der Waals surface area contributed by atoms with Gasteiger partial charge < -0.3 is 9.84 Å². The molecule has 0 unspecified atom stereocenters. The number of benzene rings is 1. The lowest BCUT2D eigenvalue weighted by atomic mass is 10.1. The second kappa shape index (κ2) is 7.57. The average Bonchev–Trinajstić information content (AvgIpc) is 2.44. The fourth-order valence-electron chi connectivity index (χ4n) is 1.68. The lowest BCUT2D eigenvalue weighted by molar-refractivity contribution is -0.00515. The molecule has 0 bridgehead atoms. The minimum atomic E-state index is -3.62. The van der Waals surface area contributed by atoms with Crippen LogP contribution in [0.3, 0.4) is 0 Å². The highest BCUT2D eigenvalue weighted by atomic mass is 32.2. The summed E-state index contributed by atoms with van der Waals surface area (Å²) < 4.78 is 32.5. The number of aliphatic hydroxyl groups is 1. The number of aliphatic hydroxyl groups excluding tert-OH is 1. The molecule has 0 aliphatic rings. The van der Waals surface area contributed by atoms with Crippen LogP contribution in [0.5, 0.6) is 0 Å². The molecule has 21 heavy (non-hydrogen) atoms. The van der Waals surface area contributed by atoms with Gasteiger partial charge in [-0.15, -0.1) is 0 Å². The van der Waals surface area contributed by atoms with Crippen LogP contribution in [0.2, 0.25) is 0 Å². The van der Waals surface area contributed by atoms with Crippen molar-refractivity contribution in [3.05, 3.63) is 29.8 Å². The standard InChI is InChI=1S/C15H21NO4S/c1-4-20-15(2,3)12-16-21(18,19)14-9-5-7-13(11-14)8-6-10-17/h5,7,9,11,16-17H,4,10,12H2,1-3H3. The molecule has 0 radical (unpaired) electrons. The normalized spacial score (nSPS) is 11.8. The summed E-state index contributed by atoms with van der Waals surface area (Å²) >= 11 is 0. The molecule has 1 rings (SSSR count). The zero-order valence-electron chi connectivity index (χ0n) is 12.5. The Morgan fingerprint density at radius 3 is 2.71 bits per heavy atom. The van der Waals surface area contributed by atoms with Crippen LogP contribution in [0.4, 0.5) is 0 Å². The van der Waals surface area contributed by atoms with Gasteiger partial charge >= 0.3 is 0 Å². The highest BCUT2D eigenvalue weighted by molar-refractivity contribution is 7.89. The molecule has 0 amide bonds. The van der Waals surface area contributed by atoms with E-state index in [0.29, 0.717) is 12.2 Å². The van der Waals surface area contributed by atoms with E-state index in [4.69, 9.17) is 9.84 Å². The van der Waals surface area contributed by atoms with Crippen LogP contribution in [0.25, 0.3) is 0 Å². The molecule has 0 aliphatic carbocycles. The van der Waals surface area contributed by atoms with Crippen LogP contribution in [-0.2, 0) is 14.8 Å². The number of sulfonamides is 1. The molecule has 0 aromatic heterocycles. The second-order valence-electron chi connectivity index (χ2n) is 5.00. The van der Waals surface area contributed by atoms with Gasteiger partial charge in [0.05, 0.1) is 10.5 Å². The first-order chi connectivity index (χ1) is 9.80. The Kier molecular flexibility index (Phi) is 6.37. The highest BCUT2D eigenvalue weighted by Crippen LogP contribution is 2.13. The summed E-state index contributed by atoms with van der Waals surface area (Å²) in [6.07, 6.45) is 0. The third kappa shape index (κ3) is 5.86. The Labute approximate surface area is 126 Å². The van der Waals surface area contributed by atoms with Crippen molar-refractivity contribution in [1.29, 1.82) is 0 Å². The predicted octanol–water partition coefficient (Wildman–Crippen LogP) is 1.12. The van der Waals surface area contributed by atoms with E-state index in [1.165, 1.54) is 12.1 Å². The van der Waals surface area contributed by atoms with E-state index in [0.717, 1.165) is 0 Å². The first-order valence-electron chi connectivity index (χ1n) is 6.64. The minimum Gasteiger partial charge on any atom is -0.384 e. The number of nitrogens with one attached hydrogen (secondary N) is 1. The molecule has 0 spiro atoms. The molecule has 0 fully saturated rings. The zero-order chi connectivity index (χ0) is 15.9. The highest BCUT2D eigenvalue weighted by Gasteiger charge is 2.22. The van der Waals surface area contributed by atoms with Gasteiger partial charge in [-0.3, -0.25) is 0 Å². The quantitative estimate of drug-likeness (QED) is 0.772. The Bertz CT molecular complexity index is 627. The molecule has 0 saturated heterocycles. The molecular formula is C15H21NO4S. The van der Waals surface area contributed by atoms with Crippen LogP contribution in [0.15, 0.2) is 29.2 Å². The van der Waals surface area contributed by atoms with Gasteiger partial charge in [-0.1, -0.05) is 17.9 Å². The summed E-state index contributed by atoms with van der Waals surface area (Å²) in [5.41, 5.74) is -0.0353. The molecule has 0 aliphatic heterocycles. The lowest BCUT2D eigenvalue weighted by Crippen LogP contribution is -2.40. The van der Waals surface area contributed by atoms with Crippen LogP contribution >= 0.6 is 0 Å². The predicted molar refractivity (Wildman–Crippen MR) is 81.3 cm³/mol. The van der Waals surface area contributed by atoms with Gasteiger partial charge in [0.1, 0.15) is 6.61 Å². The summed E-state index contributed by atoms with van der Waals surface area (Å²) in [5.74, 6) is 5.17. The fourth-order valence-corrected chi connectivity index (χ4v) is 2.92. The summed E-state index contributed by atoms with van der Waals surface area (Å²) in [6.45, 7) is 5.93. The minimum absolute atomic E-state index is 0.138. The molecule has 6 heteroatoms. The number of rotatable bonds is 6. The second-order valence-corrected chi connectivity index (χ2v) is 6.77. The van der Waals surface area contributed by atoms with E-state index >= 15 is 0 Å². The van der Waals surface area contributed by atoms with Crippen molar-refractivity contribution < 1.29 is 18.3 Å². The van der Waals surface area contributed by atoms with Gasteiger partial charge in [-0.05, 0) is 39.0 Å². The molecular weight excluding hydrogens is 290 g/mol. The molecule has 0 atom stereocenters. The fraction of sp³-hybridized carbons (Fsp3) is 0.467. The summed E-state index contributed by atoms with van der Waals surface area (Å²) in [6, 6.07) is 6.27. The molecule has 116 valence electrons. The Balaban J connectivity index is 2.88. The smallest absolute Gasteiger partial charge is 0.240 e. The number of hydrogen-bond acceptors (Lipinski definition) is 4. The zero-order valence-corrected chi connectivity index (χ0v) is 13.3. The van der Waals surface area contributed by atoms with Gasteiger partial charge in [-0.2, -0.15) is 0 Å². The van der Waals surface area contributed by atoms with Crippen molar-refractivity contribution in [2.24, 2.45) is 0 Å². The van der Waals surface area contributed by atoms with Gasteiger partial charge in [0, 0.05) is 18.7 Å². The number of ether oxygens (including phenoxy) is 1. The van der Waals surface area contributed by atoms with Gasteiger partial charge in [0.25, 0.3) is 0 Å². The van der Waals surface area contributed by atoms with Crippen LogP contribution in [0.1, 0.15) is 26.3 Å². The van der Waals surface area contributed by atoms with Crippen LogP contribution in [0, 0.1) is 11.8 Å². The Hall–Kier alpha value is -1.39.